The van der Waals surface area contributed by atoms with E-state index in [4.69, 9.17) is 27.9 Å². The van der Waals surface area contributed by atoms with E-state index in [1.807, 2.05) is 24.3 Å². The van der Waals surface area contributed by atoms with E-state index >= 15 is 0 Å². The first-order valence-corrected chi connectivity index (χ1v) is 8.77. The van der Waals surface area contributed by atoms with Gasteiger partial charge in [0.1, 0.15) is 17.3 Å². The molecule has 0 radical (unpaired) electrons. The molecule has 24 heavy (non-hydrogen) atoms. The molecule has 126 valence electrons. The first kappa shape index (κ1) is 17.1. The van der Waals surface area contributed by atoms with Gasteiger partial charge >= 0.3 is 0 Å². The average molecular weight is 364 g/mol. The molecule has 3 nitrogen and oxygen atoms in total. The molecule has 1 atom stereocenters. The number of hydrogen-bond acceptors (Lipinski definition) is 3. The molecule has 1 fully saturated rings. The fourth-order valence-corrected chi connectivity index (χ4v) is 3.56. The van der Waals surface area contributed by atoms with Crippen LogP contribution in [0.5, 0.6) is 11.5 Å². The summed E-state index contributed by atoms with van der Waals surface area (Å²) >= 11 is 12.0. The van der Waals surface area contributed by atoms with Gasteiger partial charge in [0.05, 0.1) is 5.02 Å². The Bertz CT molecular complexity index is 731. The monoisotopic (exact) mass is 363 g/mol. The number of ketones is 1. The van der Waals surface area contributed by atoms with Gasteiger partial charge in [0, 0.05) is 29.7 Å². The molecule has 3 rings (SSSR count). The molecular formula is C19H19Cl2NO2. The van der Waals surface area contributed by atoms with Crippen LogP contribution in [0.3, 0.4) is 0 Å². The van der Waals surface area contributed by atoms with Gasteiger partial charge in [-0.3, -0.25) is 4.79 Å². The molecular weight excluding hydrogens is 345 g/mol. The third kappa shape index (κ3) is 4.03. The third-order valence-electron chi connectivity index (χ3n) is 4.19. The largest absolute Gasteiger partial charge is 0.456 e. The van der Waals surface area contributed by atoms with Gasteiger partial charge in [0.2, 0.25) is 0 Å². The van der Waals surface area contributed by atoms with Crippen molar-refractivity contribution in [3.8, 4) is 11.5 Å². The molecule has 0 spiro atoms. The van der Waals surface area contributed by atoms with E-state index in [2.05, 4.69) is 4.90 Å². The van der Waals surface area contributed by atoms with Gasteiger partial charge < -0.3 is 9.64 Å². The molecule has 0 aromatic heterocycles. The predicted molar refractivity (Wildman–Crippen MR) is 98.6 cm³/mol. The van der Waals surface area contributed by atoms with Gasteiger partial charge in [-0.1, -0.05) is 23.2 Å². The van der Waals surface area contributed by atoms with E-state index in [1.54, 1.807) is 25.1 Å². The van der Waals surface area contributed by atoms with Crippen LogP contribution >= 0.6 is 23.2 Å². The van der Waals surface area contributed by atoms with E-state index < -0.39 is 0 Å². The van der Waals surface area contributed by atoms with Gasteiger partial charge in [0.25, 0.3) is 0 Å². The zero-order chi connectivity index (χ0) is 17.1. The maximum atomic E-state index is 11.4. The van der Waals surface area contributed by atoms with Crippen molar-refractivity contribution in [3.05, 3.63) is 52.5 Å². The number of anilines is 1. The second-order valence-electron chi connectivity index (χ2n) is 6.07. The van der Waals surface area contributed by atoms with Crippen molar-refractivity contribution in [2.75, 3.05) is 11.4 Å². The maximum Gasteiger partial charge on any atom is 0.146 e. The summed E-state index contributed by atoms with van der Waals surface area (Å²) in [6.07, 6.45) is 2.80. The molecule has 0 aliphatic carbocycles. The lowest BCUT2D eigenvalue weighted by molar-refractivity contribution is -0.117. The van der Waals surface area contributed by atoms with Crippen molar-refractivity contribution >= 4 is 34.7 Å². The highest BCUT2D eigenvalue weighted by Gasteiger charge is 2.25. The number of benzene rings is 2. The number of Topliss-reactive ketones (excluding diaryl/α,β-unsaturated/α-hetero) is 1. The number of hydrogen-bond donors (Lipinski definition) is 0. The zero-order valence-corrected chi connectivity index (χ0v) is 15.0. The first-order valence-electron chi connectivity index (χ1n) is 8.02. The Morgan fingerprint density at radius 3 is 2.62 bits per heavy atom. The van der Waals surface area contributed by atoms with Gasteiger partial charge in [-0.05, 0) is 62.2 Å². The Labute approximate surface area is 152 Å². The van der Waals surface area contributed by atoms with Crippen LogP contribution in [0.15, 0.2) is 42.5 Å². The van der Waals surface area contributed by atoms with Crippen LogP contribution in [0.25, 0.3) is 0 Å². The van der Waals surface area contributed by atoms with E-state index in [-0.39, 0.29) is 5.78 Å². The number of halogens is 2. The van der Waals surface area contributed by atoms with Crippen molar-refractivity contribution in [3.63, 3.8) is 0 Å². The molecule has 1 aliphatic rings. The fraction of sp³-hybridized carbons (Fsp3) is 0.316. The first-order chi connectivity index (χ1) is 11.5. The Morgan fingerprint density at radius 2 is 1.96 bits per heavy atom. The molecule has 5 heteroatoms. The lowest BCUT2D eigenvalue weighted by atomic mass is 10.1. The number of carbonyl (C=O) groups excluding carboxylic acids is 1. The van der Waals surface area contributed by atoms with Crippen LogP contribution in [-0.2, 0) is 4.79 Å². The minimum Gasteiger partial charge on any atom is -0.456 e. The third-order valence-corrected chi connectivity index (χ3v) is 4.72. The van der Waals surface area contributed by atoms with E-state index in [1.165, 1.54) is 0 Å². The second-order valence-corrected chi connectivity index (χ2v) is 6.91. The number of carbonyl (C=O) groups is 1. The Balaban J connectivity index is 1.72. The summed E-state index contributed by atoms with van der Waals surface area (Å²) < 4.78 is 5.81. The normalized spacial score (nSPS) is 17.1. The Hall–Kier alpha value is -1.71. The number of rotatable bonds is 5. The predicted octanol–water partition coefficient (Wildman–Crippen LogP) is 5.73. The maximum absolute atomic E-state index is 11.4. The van der Waals surface area contributed by atoms with E-state index in [9.17, 15) is 4.79 Å². The average Bonchev–Trinajstić information content (AvgIpc) is 2.98. The summed E-state index contributed by atoms with van der Waals surface area (Å²) in [5.41, 5.74) is 1.12. The van der Waals surface area contributed by atoms with Gasteiger partial charge in [-0.15, -0.1) is 0 Å². The fourth-order valence-electron chi connectivity index (χ4n) is 3.11. The quantitative estimate of drug-likeness (QED) is 0.678. The molecule has 2 aromatic carbocycles. The molecule has 0 N–H and O–H groups in total. The van der Waals surface area contributed by atoms with Gasteiger partial charge in [0.15, 0.2) is 0 Å². The highest BCUT2D eigenvalue weighted by atomic mass is 35.5. The van der Waals surface area contributed by atoms with Crippen LogP contribution in [0.1, 0.15) is 26.2 Å². The SMILES string of the molecule is CC(=O)CC1CCCN1c1ccc(Oc2ccc(Cl)cc2Cl)cc1. The summed E-state index contributed by atoms with van der Waals surface area (Å²) in [5, 5.41) is 1.06. The zero-order valence-electron chi connectivity index (χ0n) is 13.5. The smallest absolute Gasteiger partial charge is 0.146 e. The van der Waals surface area contributed by atoms with E-state index in [0.29, 0.717) is 34.0 Å². The Kier molecular flexibility index (Phi) is 5.32. The van der Waals surface area contributed by atoms with Crippen molar-refractivity contribution in [1.82, 2.24) is 0 Å². The summed E-state index contributed by atoms with van der Waals surface area (Å²) in [6, 6.07) is 13.3. The molecule has 0 saturated carbocycles. The summed E-state index contributed by atoms with van der Waals surface area (Å²) in [6.45, 7) is 2.64. The van der Waals surface area contributed by atoms with Crippen LogP contribution in [0.2, 0.25) is 10.0 Å². The van der Waals surface area contributed by atoms with E-state index in [0.717, 1.165) is 25.1 Å². The summed E-state index contributed by atoms with van der Waals surface area (Å²) in [4.78, 5) is 13.7. The highest BCUT2D eigenvalue weighted by Crippen LogP contribution is 2.33. The van der Waals surface area contributed by atoms with Gasteiger partial charge in [-0.25, -0.2) is 0 Å². The highest BCUT2D eigenvalue weighted by molar-refractivity contribution is 6.35. The lowest BCUT2D eigenvalue weighted by Crippen LogP contribution is -2.30. The number of nitrogens with zero attached hydrogens (tertiary/aromatic N) is 1. The number of ether oxygens (including phenoxy) is 1. The van der Waals surface area contributed by atoms with Gasteiger partial charge in [-0.2, -0.15) is 0 Å². The second kappa shape index (κ2) is 7.45. The van der Waals surface area contributed by atoms with Crippen molar-refractivity contribution in [1.29, 1.82) is 0 Å². The minimum absolute atomic E-state index is 0.240. The van der Waals surface area contributed by atoms with Crippen LogP contribution in [0.4, 0.5) is 5.69 Å². The van der Waals surface area contributed by atoms with Crippen LogP contribution in [0, 0.1) is 0 Å². The molecule has 0 bridgehead atoms. The summed E-state index contributed by atoms with van der Waals surface area (Å²) in [7, 11) is 0. The van der Waals surface area contributed by atoms with Crippen molar-refractivity contribution in [2.24, 2.45) is 0 Å². The Morgan fingerprint density at radius 1 is 1.21 bits per heavy atom. The summed E-state index contributed by atoms with van der Waals surface area (Å²) in [5.74, 6) is 1.53. The minimum atomic E-state index is 0.240. The molecule has 1 heterocycles. The van der Waals surface area contributed by atoms with Crippen LogP contribution in [-0.4, -0.2) is 18.4 Å². The molecule has 0 amide bonds. The van der Waals surface area contributed by atoms with Crippen molar-refractivity contribution in [2.45, 2.75) is 32.2 Å². The standard InChI is InChI=1S/C19H19Cl2NO2/c1-13(23)11-16-3-2-10-22(16)15-5-7-17(8-6-15)24-19-9-4-14(20)12-18(19)21/h4-9,12,16H,2-3,10-11H2,1H3. The molecule has 1 unspecified atom stereocenters. The lowest BCUT2D eigenvalue weighted by Gasteiger charge is -2.26. The topological polar surface area (TPSA) is 29.5 Å². The molecule has 2 aromatic rings. The molecule has 1 saturated heterocycles. The molecule has 1 aliphatic heterocycles. The van der Waals surface area contributed by atoms with Crippen molar-refractivity contribution < 1.29 is 9.53 Å². The van der Waals surface area contributed by atoms with Crippen LogP contribution < -0.4 is 9.64 Å².